The first kappa shape index (κ1) is 43.9. The highest BCUT2D eigenvalue weighted by atomic mass is 32.2. The zero-order valence-corrected chi connectivity index (χ0v) is 36.4. The molecule has 0 unspecified atom stereocenters. The molecule has 21 heteroatoms. The number of hydrogen-bond donors (Lipinski definition) is 7. The third kappa shape index (κ3) is 11.6. The van der Waals surface area contributed by atoms with Gasteiger partial charge in [-0.05, 0) is 113 Å². The van der Waals surface area contributed by atoms with Crippen LogP contribution in [0, 0.1) is 0 Å². The Hall–Kier alpha value is -7.13. The smallest absolute Gasteiger partial charge is 0.339 e. The van der Waals surface area contributed by atoms with E-state index in [0.717, 1.165) is 24.2 Å². The first-order valence-electron chi connectivity index (χ1n) is 20.1. The van der Waals surface area contributed by atoms with Crippen molar-refractivity contribution in [2.75, 3.05) is 16.0 Å². The van der Waals surface area contributed by atoms with Gasteiger partial charge in [-0.25, -0.2) is 24.5 Å². The number of benzene rings is 4. The summed E-state index contributed by atoms with van der Waals surface area (Å²) in [6.45, 7) is 7.38. The normalized spacial score (nSPS) is 13.1. The lowest BCUT2D eigenvalue weighted by Gasteiger charge is -2.14. The first-order valence-corrected chi connectivity index (χ1v) is 22.9. The third-order valence-corrected chi connectivity index (χ3v) is 11.9. The van der Waals surface area contributed by atoms with Gasteiger partial charge in [0.2, 0.25) is 11.9 Å². The molecule has 0 atom stereocenters. The number of aromatic nitrogens is 6. The minimum atomic E-state index is -4.03. The fourth-order valence-electron chi connectivity index (χ4n) is 6.58. The second-order valence-corrected chi connectivity index (χ2v) is 18.3. The molecule has 0 radical (unpaired) electrons. The predicted octanol–water partition coefficient (Wildman–Crippen LogP) is 7.26. The molecule has 1 aliphatic carbocycles. The van der Waals surface area contributed by atoms with Crippen LogP contribution in [-0.4, -0.2) is 76.5 Å². The monoisotopic (exact) mass is 897 g/mol. The number of nitrogens with one attached hydrogen (secondary N) is 7. The summed E-state index contributed by atoms with van der Waals surface area (Å²) in [5.41, 5.74) is 3.84. The van der Waals surface area contributed by atoms with Gasteiger partial charge in [-0.15, -0.1) is 0 Å². The van der Waals surface area contributed by atoms with E-state index in [1.54, 1.807) is 59.7 Å². The predicted molar refractivity (Wildman–Crippen MR) is 238 cm³/mol. The number of anilines is 3. The average Bonchev–Trinajstić information content (AvgIpc) is 4.06. The van der Waals surface area contributed by atoms with Crippen LogP contribution in [0.25, 0.3) is 27.8 Å². The first-order chi connectivity index (χ1) is 30.1. The van der Waals surface area contributed by atoms with Crippen LogP contribution in [-0.2, 0) is 20.2 Å². The molecule has 1 saturated carbocycles. The van der Waals surface area contributed by atoms with Crippen molar-refractivity contribution in [1.82, 2.24) is 40.1 Å². The lowest BCUT2D eigenvalue weighted by Crippen LogP contribution is -2.34. The maximum atomic E-state index is 12.7. The Morgan fingerprint density at radius 3 is 1.60 bits per heavy atom. The van der Waals surface area contributed by atoms with Crippen molar-refractivity contribution < 1.29 is 34.8 Å². The molecule has 0 aliphatic heterocycles. The Morgan fingerprint density at radius 1 is 0.683 bits per heavy atom. The Kier molecular flexibility index (Phi) is 13.2. The summed E-state index contributed by atoms with van der Waals surface area (Å²) in [5.74, 6) is 0.757. The van der Waals surface area contributed by atoms with E-state index in [1.165, 1.54) is 61.4 Å². The molecule has 0 spiro atoms. The van der Waals surface area contributed by atoms with E-state index in [0.29, 0.717) is 28.1 Å². The van der Waals surface area contributed by atoms with Crippen LogP contribution in [0.4, 0.5) is 27.2 Å². The van der Waals surface area contributed by atoms with Crippen molar-refractivity contribution in [2.45, 2.75) is 81.3 Å². The number of H-pyrrole nitrogens is 2. The molecule has 7 N–H and O–H groups in total. The minimum absolute atomic E-state index is 0.0165. The summed E-state index contributed by atoms with van der Waals surface area (Å²) in [4.78, 5) is 42.1. The quantitative estimate of drug-likeness (QED) is 0.0565. The van der Waals surface area contributed by atoms with Crippen LogP contribution >= 0.6 is 0 Å². The number of nitrogens with zero attached hydrogens (tertiary/aromatic N) is 4. The van der Waals surface area contributed by atoms with Crippen molar-refractivity contribution in [1.29, 1.82) is 0 Å². The number of carbonyl (C=O) groups excluding carboxylic acids is 2. The van der Waals surface area contributed by atoms with E-state index in [1.807, 2.05) is 27.7 Å². The van der Waals surface area contributed by atoms with E-state index in [2.05, 4.69) is 51.5 Å². The zero-order chi connectivity index (χ0) is 44.7. The molecular formula is C42H47N11O8S2. The average molecular weight is 898 g/mol. The maximum Gasteiger partial charge on any atom is 0.339 e. The molecule has 1 fully saturated rings. The molecule has 4 amide bonds. The molecule has 3 aromatic heterocycles. The summed E-state index contributed by atoms with van der Waals surface area (Å²) in [7, 11) is -8.03. The van der Waals surface area contributed by atoms with Crippen molar-refractivity contribution in [3.8, 4) is 17.2 Å². The van der Waals surface area contributed by atoms with E-state index in [4.69, 9.17) is 8.37 Å². The standard InChI is InChI=1S/C22H27N5O4S.C20H20N6O4S/c1-14(2)23-22(28)27-21-25-19-12-9-17(13-20(19)26-21)31-32(29,30)18-10-7-16(8-11-18)24-15-5-3-4-6-15;1-13(2)22-20(27)25-19-23-17-8-5-15(11-18(17)24-19)30-31(28,29)16-6-3-14(4-7-16)26-10-9-21-12-26/h7-15,24H,3-6H2,1-2H3,(H3,23,25,26,27,28);3-13H,1-2H3,(H3,22,23,24,25,27). The zero-order valence-electron chi connectivity index (χ0n) is 34.7. The van der Waals surface area contributed by atoms with Crippen LogP contribution < -0.4 is 35.0 Å². The lowest BCUT2D eigenvalue weighted by atomic mass is 10.2. The molecular weight excluding hydrogens is 851 g/mol. The van der Waals surface area contributed by atoms with Crippen molar-refractivity contribution in [2.24, 2.45) is 0 Å². The Morgan fingerprint density at radius 2 is 1.16 bits per heavy atom. The molecule has 0 bridgehead atoms. The van der Waals surface area contributed by atoms with Gasteiger partial charge in [0, 0.05) is 54.0 Å². The van der Waals surface area contributed by atoms with E-state index in [-0.39, 0.29) is 51.3 Å². The van der Waals surface area contributed by atoms with E-state index < -0.39 is 26.3 Å². The maximum absolute atomic E-state index is 12.7. The number of imidazole rings is 3. The molecule has 0 saturated heterocycles. The minimum Gasteiger partial charge on any atom is -0.382 e. The lowest BCUT2D eigenvalue weighted by molar-refractivity contribution is 0.249. The van der Waals surface area contributed by atoms with Gasteiger partial charge >= 0.3 is 32.3 Å². The third-order valence-electron chi connectivity index (χ3n) is 9.42. The SMILES string of the molecule is CC(C)NC(=O)Nc1nc2ccc(OS(=O)(=O)c3ccc(-n4ccnc4)cc3)cc2[nH]1.CC(C)NC(=O)Nc1nc2ccc(OS(=O)(=O)c3ccc(NC4CCCC4)cc3)cc2[nH]1. The van der Waals surface area contributed by atoms with Crippen molar-refractivity contribution in [3.63, 3.8) is 0 Å². The van der Waals surface area contributed by atoms with Gasteiger partial charge in [0.1, 0.15) is 21.3 Å². The van der Waals surface area contributed by atoms with E-state index >= 15 is 0 Å². The van der Waals surface area contributed by atoms with Crippen LogP contribution in [0.15, 0.2) is 113 Å². The fourth-order valence-corrected chi connectivity index (χ4v) is 8.43. The summed E-state index contributed by atoms with van der Waals surface area (Å²) < 4.78 is 63.1. The van der Waals surface area contributed by atoms with Gasteiger partial charge in [0.05, 0.1) is 28.4 Å². The molecule has 4 aromatic carbocycles. The summed E-state index contributed by atoms with van der Waals surface area (Å²) >= 11 is 0. The molecule has 63 heavy (non-hydrogen) atoms. The second-order valence-electron chi connectivity index (χ2n) is 15.2. The molecule has 3 heterocycles. The summed E-state index contributed by atoms with van der Waals surface area (Å²) in [6, 6.07) is 21.8. The van der Waals surface area contributed by atoms with Crippen LogP contribution in [0.3, 0.4) is 0 Å². The molecule has 1 aliphatic rings. The molecule has 19 nitrogen and oxygen atoms in total. The highest BCUT2D eigenvalue weighted by Gasteiger charge is 2.20. The topological polar surface area (TPSA) is 256 Å². The number of fused-ring (bicyclic) bond motifs is 2. The van der Waals surface area contributed by atoms with Crippen LogP contribution in [0.2, 0.25) is 0 Å². The van der Waals surface area contributed by atoms with Crippen molar-refractivity contribution >= 4 is 71.9 Å². The van der Waals surface area contributed by atoms with Gasteiger partial charge in [-0.3, -0.25) is 10.6 Å². The number of carbonyl (C=O) groups is 2. The Labute approximate surface area is 363 Å². The van der Waals surface area contributed by atoms with Gasteiger partial charge in [-0.2, -0.15) is 16.8 Å². The van der Waals surface area contributed by atoms with Crippen LogP contribution in [0.1, 0.15) is 53.4 Å². The number of aromatic amines is 2. The molecule has 7 aromatic rings. The van der Waals surface area contributed by atoms with Gasteiger partial charge in [0.25, 0.3) is 0 Å². The number of rotatable bonds is 13. The highest BCUT2D eigenvalue weighted by Crippen LogP contribution is 2.27. The van der Waals surface area contributed by atoms with E-state index in [9.17, 15) is 26.4 Å². The van der Waals surface area contributed by atoms with Crippen molar-refractivity contribution in [3.05, 3.63) is 104 Å². The largest absolute Gasteiger partial charge is 0.382 e. The highest BCUT2D eigenvalue weighted by molar-refractivity contribution is 7.87. The Balaban J connectivity index is 0.000000189. The number of urea groups is 2. The Bertz CT molecular complexity index is 2910. The summed E-state index contributed by atoms with van der Waals surface area (Å²) in [6.07, 6.45) is 9.74. The number of amides is 4. The summed E-state index contributed by atoms with van der Waals surface area (Å²) in [5, 5.41) is 14.0. The van der Waals surface area contributed by atoms with Gasteiger partial charge in [-0.1, -0.05) is 12.8 Å². The molecule has 330 valence electrons. The molecule has 8 rings (SSSR count). The van der Waals surface area contributed by atoms with Gasteiger partial charge in [0.15, 0.2) is 0 Å². The second kappa shape index (κ2) is 18.9. The fraction of sp³-hybridized carbons (Fsp3) is 0.262. The van der Waals surface area contributed by atoms with Gasteiger partial charge < -0.3 is 38.9 Å². The van der Waals surface area contributed by atoms with Crippen LogP contribution in [0.5, 0.6) is 11.5 Å². The number of hydrogen-bond acceptors (Lipinski definition) is 12.